The van der Waals surface area contributed by atoms with E-state index in [1.807, 2.05) is 15.1 Å². The maximum absolute atomic E-state index is 12.8. The Bertz CT molecular complexity index is 1280. The molecule has 2 aromatic heterocycles. The summed E-state index contributed by atoms with van der Waals surface area (Å²) in [5.74, 6) is 2.13. The maximum Gasteiger partial charge on any atom is 0.204 e. The second-order valence-electron chi connectivity index (χ2n) is 8.61. The van der Waals surface area contributed by atoms with Gasteiger partial charge in [0, 0.05) is 41.4 Å². The quantitative estimate of drug-likeness (QED) is 0.528. The van der Waals surface area contributed by atoms with Crippen LogP contribution in [0.25, 0.3) is 11.3 Å². The van der Waals surface area contributed by atoms with Gasteiger partial charge in [-0.15, -0.1) is 11.3 Å². The highest BCUT2D eigenvalue weighted by atomic mass is 32.1. The summed E-state index contributed by atoms with van der Waals surface area (Å²) in [6.45, 7) is 3.26. The fraction of sp³-hybridized carbons (Fsp3) is 0.375. The number of ketones is 1. The number of carbonyl (C=O) groups is 1. The Hall–Kier alpha value is -3.13. The molecule has 0 bridgehead atoms. The van der Waals surface area contributed by atoms with Crippen LogP contribution in [0.1, 0.15) is 47.7 Å². The number of Topliss-reactive ketones (excluding diaryl/α,β-unsaturated/α-hetero) is 1. The highest BCUT2D eigenvalue weighted by molar-refractivity contribution is 7.13. The molecule has 3 aromatic rings. The fourth-order valence-electron chi connectivity index (χ4n) is 4.61. The predicted molar refractivity (Wildman–Crippen MR) is 122 cm³/mol. The monoisotopic (exact) mass is 449 g/mol. The summed E-state index contributed by atoms with van der Waals surface area (Å²) in [7, 11) is 0. The summed E-state index contributed by atoms with van der Waals surface area (Å²) in [5.41, 5.74) is 3.81. The van der Waals surface area contributed by atoms with Gasteiger partial charge in [-0.05, 0) is 30.9 Å². The minimum absolute atomic E-state index is 0.173. The average Bonchev–Trinajstić information content (AvgIpc) is 3.23. The summed E-state index contributed by atoms with van der Waals surface area (Å²) in [6.07, 6.45) is 7.84. The number of fused-ring (bicyclic) bond motifs is 5. The second kappa shape index (κ2) is 7.48. The minimum atomic E-state index is -0.270. The Morgan fingerprint density at radius 2 is 2.22 bits per heavy atom. The van der Waals surface area contributed by atoms with Gasteiger partial charge in [-0.2, -0.15) is 0 Å². The maximum atomic E-state index is 12.8. The van der Waals surface area contributed by atoms with E-state index in [1.165, 1.54) is 31.1 Å². The molecule has 0 N–H and O–H groups in total. The van der Waals surface area contributed by atoms with E-state index in [0.717, 1.165) is 57.8 Å². The number of rotatable bonds is 6. The SMILES string of the molecule is CC(=O)c1cn2c(cc1=O)-c1c(cc(OCCC3CC3)c3c1CCO3)CN2c1nccs1. The van der Waals surface area contributed by atoms with Crippen molar-refractivity contribution >= 4 is 22.3 Å². The van der Waals surface area contributed by atoms with Crippen molar-refractivity contribution in [2.75, 3.05) is 18.2 Å². The largest absolute Gasteiger partial charge is 0.490 e. The molecule has 164 valence electrons. The lowest BCUT2D eigenvalue weighted by Gasteiger charge is -2.34. The highest BCUT2D eigenvalue weighted by Gasteiger charge is 2.33. The number of thiazole rings is 1. The molecule has 2 aliphatic heterocycles. The summed E-state index contributed by atoms with van der Waals surface area (Å²) in [5, 5.41) is 4.72. The molecule has 4 heterocycles. The van der Waals surface area contributed by atoms with Crippen LogP contribution < -0.4 is 19.9 Å². The zero-order chi connectivity index (χ0) is 21.8. The average molecular weight is 450 g/mol. The molecule has 8 heteroatoms. The van der Waals surface area contributed by atoms with Crippen molar-refractivity contribution in [2.24, 2.45) is 5.92 Å². The van der Waals surface area contributed by atoms with Crippen LogP contribution in [0.4, 0.5) is 5.13 Å². The lowest BCUT2D eigenvalue weighted by Crippen LogP contribution is -2.36. The van der Waals surface area contributed by atoms with Crippen LogP contribution in [-0.2, 0) is 13.0 Å². The Morgan fingerprint density at radius 1 is 1.34 bits per heavy atom. The van der Waals surface area contributed by atoms with Crippen molar-refractivity contribution < 1.29 is 14.3 Å². The van der Waals surface area contributed by atoms with Gasteiger partial charge in [0.15, 0.2) is 22.7 Å². The number of hydrogen-bond donors (Lipinski definition) is 0. The topological polar surface area (TPSA) is 73.7 Å². The minimum Gasteiger partial charge on any atom is -0.490 e. The molecule has 0 saturated heterocycles. The number of ether oxygens (including phenoxy) is 2. The molecule has 7 nitrogen and oxygen atoms in total. The fourth-order valence-corrected chi connectivity index (χ4v) is 5.25. The van der Waals surface area contributed by atoms with Gasteiger partial charge in [0.1, 0.15) is 0 Å². The van der Waals surface area contributed by atoms with Crippen molar-refractivity contribution in [1.82, 2.24) is 9.66 Å². The first kappa shape index (κ1) is 19.5. The molecule has 0 amide bonds. The number of pyridine rings is 1. The smallest absolute Gasteiger partial charge is 0.204 e. The van der Waals surface area contributed by atoms with Gasteiger partial charge >= 0.3 is 0 Å². The third-order valence-corrected chi connectivity index (χ3v) is 7.18. The first-order valence-corrected chi connectivity index (χ1v) is 11.9. The van der Waals surface area contributed by atoms with Gasteiger partial charge in [-0.25, -0.2) is 4.98 Å². The molecule has 0 unspecified atom stereocenters. The van der Waals surface area contributed by atoms with E-state index in [0.29, 0.717) is 19.8 Å². The number of carbonyl (C=O) groups excluding carboxylic acids is 1. The van der Waals surface area contributed by atoms with E-state index in [4.69, 9.17) is 9.47 Å². The molecule has 1 aliphatic carbocycles. The van der Waals surface area contributed by atoms with Crippen LogP contribution in [0.2, 0.25) is 0 Å². The van der Waals surface area contributed by atoms with Gasteiger partial charge in [-0.3, -0.25) is 19.3 Å². The molecule has 0 spiro atoms. The summed E-state index contributed by atoms with van der Waals surface area (Å²) < 4.78 is 14.1. The molecule has 6 rings (SSSR count). The van der Waals surface area contributed by atoms with E-state index in [9.17, 15) is 9.59 Å². The molecular formula is C24H23N3O4S. The van der Waals surface area contributed by atoms with Crippen molar-refractivity contribution in [1.29, 1.82) is 0 Å². The molecule has 0 radical (unpaired) electrons. The number of benzene rings is 1. The van der Waals surface area contributed by atoms with Gasteiger partial charge in [-0.1, -0.05) is 12.8 Å². The predicted octanol–water partition coefficient (Wildman–Crippen LogP) is 4.07. The molecule has 0 atom stereocenters. The Kier molecular flexibility index (Phi) is 4.57. The Labute approximate surface area is 189 Å². The third-order valence-electron chi connectivity index (χ3n) is 6.39. The van der Waals surface area contributed by atoms with Gasteiger partial charge in [0.05, 0.1) is 31.0 Å². The second-order valence-corrected chi connectivity index (χ2v) is 9.48. The van der Waals surface area contributed by atoms with Crippen LogP contribution in [0.5, 0.6) is 11.5 Å². The van der Waals surface area contributed by atoms with E-state index in [1.54, 1.807) is 18.5 Å². The van der Waals surface area contributed by atoms with Gasteiger partial charge in [0.2, 0.25) is 5.13 Å². The highest BCUT2D eigenvalue weighted by Crippen LogP contribution is 2.47. The third kappa shape index (κ3) is 3.21. The number of aromatic nitrogens is 2. The number of hydrogen-bond acceptors (Lipinski definition) is 7. The molecule has 3 aliphatic rings. The van der Waals surface area contributed by atoms with Crippen molar-refractivity contribution in [3.8, 4) is 22.8 Å². The standard InChI is InChI=1S/C24H23N3O4S/c1-14(28)18-13-26-19(11-20(18)29)22-16(12-27(26)24-25-6-9-32-24)10-21(23-17(22)5-8-31-23)30-7-4-15-2-3-15/h6,9-11,13,15H,2-5,7-8,12H2,1H3. The van der Waals surface area contributed by atoms with E-state index >= 15 is 0 Å². The Morgan fingerprint density at radius 3 is 2.97 bits per heavy atom. The van der Waals surface area contributed by atoms with Crippen molar-refractivity contribution in [3.05, 3.63) is 56.8 Å². The lowest BCUT2D eigenvalue weighted by atomic mass is 9.93. The van der Waals surface area contributed by atoms with E-state index in [2.05, 4.69) is 11.1 Å². The van der Waals surface area contributed by atoms with E-state index < -0.39 is 0 Å². The number of nitrogens with zero attached hydrogens (tertiary/aromatic N) is 3. The Balaban J connectivity index is 1.51. The van der Waals surface area contributed by atoms with Crippen LogP contribution in [0.3, 0.4) is 0 Å². The summed E-state index contributed by atoms with van der Waals surface area (Å²) in [6, 6.07) is 3.63. The molecule has 1 aromatic carbocycles. The van der Waals surface area contributed by atoms with Crippen LogP contribution in [0, 0.1) is 5.92 Å². The molecule has 1 saturated carbocycles. The number of anilines is 1. The van der Waals surface area contributed by atoms with E-state index in [-0.39, 0.29) is 16.8 Å². The van der Waals surface area contributed by atoms with Gasteiger partial charge < -0.3 is 9.47 Å². The van der Waals surface area contributed by atoms with Crippen molar-refractivity contribution in [3.63, 3.8) is 0 Å². The molecule has 32 heavy (non-hydrogen) atoms. The first-order valence-electron chi connectivity index (χ1n) is 11.0. The van der Waals surface area contributed by atoms with Crippen LogP contribution >= 0.6 is 11.3 Å². The van der Waals surface area contributed by atoms with Crippen LogP contribution in [-0.4, -0.2) is 28.7 Å². The molecular weight excluding hydrogens is 426 g/mol. The zero-order valence-corrected chi connectivity index (χ0v) is 18.6. The lowest BCUT2D eigenvalue weighted by molar-refractivity contribution is 0.101. The summed E-state index contributed by atoms with van der Waals surface area (Å²) >= 11 is 1.51. The van der Waals surface area contributed by atoms with Crippen LogP contribution in [0.15, 0.2) is 34.7 Å². The normalized spacial score (nSPS) is 16.2. The van der Waals surface area contributed by atoms with Crippen molar-refractivity contribution in [2.45, 2.75) is 39.2 Å². The molecule has 1 fully saturated rings. The zero-order valence-electron chi connectivity index (χ0n) is 17.8. The first-order chi connectivity index (χ1) is 15.6. The van der Waals surface area contributed by atoms with Gasteiger partial charge in [0.25, 0.3) is 0 Å². The summed E-state index contributed by atoms with van der Waals surface area (Å²) in [4.78, 5) is 29.4.